The molecule has 2 heterocycles. The number of aromatic nitrogens is 2. The van der Waals surface area contributed by atoms with Crippen LogP contribution in [0.5, 0.6) is 0 Å². The van der Waals surface area contributed by atoms with E-state index in [2.05, 4.69) is 14.9 Å². The monoisotopic (exact) mass is 195 g/mol. The summed E-state index contributed by atoms with van der Waals surface area (Å²) in [6, 6.07) is 0. The first-order valence-electron chi connectivity index (χ1n) is 5.14. The molecule has 0 aliphatic carbocycles. The van der Waals surface area contributed by atoms with Crippen LogP contribution in [-0.4, -0.2) is 29.8 Å². The van der Waals surface area contributed by atoms with Gasteiger partial charge in [0, 0.05) is 45.5 Å². The van der Waals surface area contributed by atoms with E-state index >= 15 is 0 Å². The number of aryl methyl sites for hydroxylation is 1. The molecule has 1 N–H and O–H groups in total. The topological polar surface area (TPSA) is 39.1 Å². The summed E-state index contributed by atoms with van der Waals surface area (Å²) >= 11 is 0. The van der Waals surface area contributed by atoms with Crippen LogP contribution in [0.4, 0.5) is 0 Å². The van der Waals surface area contributed by atoms with Crippen LogP contribution in [0.1, 0.15) is 17.8 Å². The van der Waals surface area contributed by atoms with Crippen molar-refractivity contribution < 1.29 is 4.74 Å². The molecule has 1 aliphatic rings. The molecule has 0 amide bonds. The number of fused-ring (bicyclic) bond motifs is 1. The van der Waals surface area contributed by atoms with Gasteiger partial charge in [-0.05, 0) is 6.42 Å². The van der Waals surface area contributed by atoms with Crippen molar-refractivity contribution in [2.45, 2.75) is 25.9 Å². The Bertz CT molecular complexity index is 296. The standard InChI is InChI=1S/C10H17N3O/c1-14-6-2-5-13-8-12-9-7-11-4-3-10(9)13/h8,11H,2-7H2,1H3. The lowest BCUT2D eigenvalue weighted by Gasteiger charge is -2.14. The third-order valence-electron chi connectivity index (χ3n) is 2.61. The summed E-state index contributed by atoms with van der Waals surface area (Å²) in [5, 5.41) is 3.32. The van der Waals surface area contributed by atoms with E-state index in [1.54, 1.807) is 7.11 Å². The van der Waals surface area contributed by atoms with Crippen LogP contribution in [0.2, 0.25) is 0 Å². The molecule has 1 aliphatic heterocycles. The number of hydrogen-bond donors (Lipinski definition) is 1. The maximum Gasteiger partial charge on any atom is 0.0952 e. The number of hydrogen-bond acceptors (Lipinski definition) is 3. The molecule has 14 heavy (non-hydrogen) atoms. The Kier molecular flexibility index (Phi) is 3.16. The Morgan fingerprint density at radius 1 is 1.64 bits per heavy atom. The second-order valence-corrected chi connectivity index (χ2v) is 3.60. The first-order chi connectivity index (χ1) is 6.92. The molecule has 78 valence electrons. The van der Waals surface area contributed by atoms with E-state index in [4.69, 9.17) is 4.74 Å². The van der Waals surface area contributed by atoms with Gasteiger partial charge in [-0.2, -0.15) is 0 Å². The SMILES string of the molecule is COCCCn1cnc2c1CCNC2. The maximum absolute atomic E-state index is 5.04. The zero-order valence-electron chi connectivity index (χ0n) is 8.62. The van der Waals surface area contributed by atoms with Crippen molar-refractivity contribution >= 4 is 0 Å². The molecule has 4 heteroatoms. The first kappa shape index (κ1) is 9.68. The number of methoxy groups -OCH3 is 1. The lowest BCUT2D eigenvalue weighted by atomic mass is 10.2. The van der Waals surface area contributed by atoms with Gasteiger partial charge in [0.05, 0.1) is 12.0 Å². The largest absolute Gasteiger partial charge is 0.385 e. The highest BCUT2D eigenvalue weighted by Crippen LogP contribution is 2.12. The summed E-state index contributed by atoms with van der Waals surface area (Å²) in [6.45, 7) is 3.84. The molecule has 0 atom stereocenters. The average molecular weight is 195 g/mol. The molecule has 0 radical (unpaired) electrons. The third kappa shape index (κ3) is 1.96. The summed E-state index contributed by atoms with van der Waals surface area (Å²) < 4.78 is 7.30. The molecule has 0 spiro atoms. The third-order valence-corrected chi connectivity index (χ3v) is 2.61. The van der Waals surface area contributed by atoms with E-state index in [1.165, 1.54) is 11.4 Å². The molecule has 0 unspecified atom stereocenters. The molecule has 4 nitrogen and oxygen atoms in total. The van der Waals surface area contributed by atoms with Crippen molar-refractivity contribution in [2.75, 3.05) is 20.3 Å². The summed E-state index contributed by atoms with van der Waals surface area (Å²) in [7, 11) is 1.74. The Morgan fingerprint density at radius 3 is 3.43 bits per heavy atom. The van der Waals surface area contributed by atoms with Crippen LogP contribution >= 0.6 is 0 Å². The zero-order chi connectivity index (χ0) is 9.80. The minimum Gasteiger partial charge on any atom is -0.385 e. The molecule has 1 aromatic heterocycles. The smallest absolute Gasteiger partial charge is 0.0952 e. The highest BCUT2D eigenvalue weighted by molar-refractivity contribution is 5.16. The molecule has 0 bridgehead atoms. The molecule has 0 saturated carbocycles. The van der Waals surface area contributed by atoms with Gasteiger partial charge in [0.1, 0.15) is 0 Å². The van der Waals surface area contributed by atoms with Crippen molar-refractivity contribution in [3.63, 3.8) is 0 Å². The Balaban J connectivity index is 1.99. The summed E-state index contributed by atoms with van der Waals surface area (Å²) in [5.41, 5.74) is 2.62. The molecule has 0 fully saturated rings. The molecule has 1 aromatic rings. The predicted molar refractivity (Wildman–Crippen MR) is 54.1 cm³/mol. The van der Waals surface area contributed by atoms with Gasteiger partial charge in [-0.25, -0.2) is 4.98 Å². The molecule has 2 rings (SSSR count). The minimum atomic E-state index is 0.825. The highest BCUT2D eigenvalue weighted by atomic mass is 16.5. The zero-order valence-corrected chi connectivity index (χ0v) is 8.62. The summed E-state index contributed by atoms with van der Waals surface area (Å²) in [6.07, 6.45) is 4.11. The summed E-state index contributed by atoms with van der Waals surface area (Å²) in [4.78, 5) is 4.40. The van der Waals surface area contributed by atoms with E-state index in [1.807, 2.05) is 6.33 Å². The van der Waals surface area contributed by atoms with Gasteiger partial charge >= 0.3 is 0 Å². The number of nitrogens with one attached hydrogen (secondary N) is 1. The molecular weight excluding hydrogens is 178 g/mol. The van der Waals surface area contributed by atoms with Crippen molar-refractivity contribution in [1.29, 1.82) is 0 Å². The van der Waals surface area contributed by atoms with Crippen molar-refractivity contribution in [3.05, 3.63) is 17.7 Å². The first-order valence-corrected chi connectivity index (χ1v) is 5.14. The van der Waals surface area contributed by atoms with Crippen molar-refractivity contribution in [2.24, 2.45) is 0 Å². The van der Waals surface area contributed by atoms with Crippen LogP contribution in [0.25, 0.3) is 0 Å². The van der Waals surface area contributed by atoms with E-state index in [9.17, 15) is 0 Å². The van der Waals surface area contributed by atoms with Gasteiger partial charge in [0.25, 0.3) is 0 Å². The predicted octanol–water partition coefficient (Wildman–Crippen LogP) is 0.565. The minimum absolute atomic E-state index is 0.825. The lowest BCUT2D eigenvalue weighted by molar-refractivity contribution is 0.190. The fraction of sp³-hybridized carbons (Fsp3) is 0.700. The summed E-state index contributed by atoms with van der Waals surface area (Å²) in [5.74, 6) is 0. The second kappa shape index (κ2) is 4.57. The fourth-order valence-electron chi connectivity index (χ4n) is 1.87. The number of imidazole rings is 1. The molecule has 0 saturated heterocycles. The van der Waals surface area contributed by atoms with E-state index in [0.717, 1.165) is 39.1 Å². The average Bonchev–Trinajstić information content (AvgIpc) is 2.63. The van der Waals surface area contributed by atoms with Gasteiger partial charge in [0.2, 0.25) is 0 Å². The van der Waals surface area contributed by atoms with Crippen molar-refractivity contribution in [3.8, 4) is 0 Å². The Morgan fingerprint density at radius 2 is 2.57 bits per heavy atom. The van der Waals surface area contributed by atoms with Crippen LogP contribution < -0.4 is 5.32 Å². The molecular formula is C10H17N3O. The second-order valence-electron chi connectivity index (χ2n) is 3.60. The number of nitrogens with zero attached hydrogens (tertiary/aromatic N) is 2. The van der Waals surface area contributed by atoms with Gasteiger partial charge in [-0.1, -0.05) is 0 Å². The van der Waals surface area contributed by atoms with Crippen LogP contribution in [-0.2, 0) is 24.2 Å². The van der Waals surface area contributed by atoms with E-state index in [0.29, 0.717) is 0 Å². The quantitative estimate of drug-likeness (QED) is 0.714. The number of ether oxygens (including phenoxy) is 1. The molecule has 0 aromatic carbocycles. The highest BCUT2D eigenvalue weighted by Gasteiger charge is 2.13. The van der Waals surface area contributed by atoms with Gasteiger partial charge < -0.3 is 14.6 Å². The Labute approximate surface area is 84.3 Å². The number of rotatable bonds is 4. The van der Waals surface area contributed by atoms with E-state index < -0.39 is 0 Å². The van der Waals surface area contributed by atoms with Gasteiger partial charge in [-0.15, -0.1) is 0 Å². The van der Waals surface area contributed by atoms with Gasteiger partial charge in [0.15, 0.2) is 0 Å². The Hall–Kier alpha value is -0.870. The van der Waals surface area contributed by atoms with Crippen LogP contribution in [0.15, 0.2) is 6.33 Å². The fourth-order valence-corrected chi connectivity index (χ4v) is 1.87. The van der Waals surface area contributed by atoms with Crippen LogP contribution in [0.3, 0.4) is 0 Å². The lowest BCUT2D eigenvalue weighted by Crippen LogP contribution is -2.25. The van der Waals surface area contributed by atoms with Gasteiger partial charge in [-0.3, -0.25) is 0 Å². The maximum atomic E-state index is 5.04. The normalized spacial score (nSPS) is 15.5. The van der Waals surface area contributed by atoms with Crippen molar-refractivity contribution in [1.82, 2.24) is 14.9 Å². The van der Waals surface area contributed by atoms with E-state index in [-0.39, 0.29) is 0 Å². The van der Waals surface area contributed by atoms with Crippen LogP contribution in [0, 0.1) is 0 Å².